The van der Waals surface area contributed by atoms with E-state index in [1.165, 1.54) is 4.90 Å². The van der Waals surface area contributed by atoms with E-state index in [0.717, 1.165) is 32.1 Å². The van der Waals surface area contributed by atoms with E-state index in [-0.39, 0.29) is 35.5 Å². The summed E-state index contributed by atoms with van der Waals surface area (Å²) in [6, 6.07) is 0. The first kappa shape index (κ1) is 12.6. The number of nitrogens with zero attached hydrogens (tertiary/aromatic N) is 1. The highest BCUT2D eigenvalue weighted by molar-refractivity contribution is 6.01. The summed E-state index contributed by atoms with van der Waals surface area (Å²) < 4.78 is 0. The van der Waals surface area contributed by atoms with Gasteiger partial charge in [-0.2, -0.15) is 0 Å². The SMILES string of the molecule is O=C(O)CC1(CN2C(=O)C3CCC(C3)C2=O)CCC1. The zero-order chi connectivity index (χ0) is 13.6. The lowest BCUT2D eigenvalue weighted by atomic mass is 9.66. The lowest BCUT2D eigenvalue weighted by Crippen LogP contribution is -2.53. The van der Waals surface area contributed by atoms with E-state index in [2.05, 4.69) is 0 Å². The first-order chi connectivity index (χ1) is 9.01. The van der Waals surface area contributed by atoms with E-state index >= 15 is 0 Å². The molecule has 1 N–H and O–H groups in total. The molecule has 2 unspecified atom stereocenters. The Morgan fingerprint density at radius 3 is 2.21 bits per heavy atom. The molecule has 0 radical (unpaired) electrons. The topological polar surface area (TPSA) is 74.7 Å². The number of carbonyl (C=O) groups excluding carboxylic acids is 2. The second-order valence-corrected chi connectivity index (χ2v) is 6.39. The van der Waals surface area contributed by atoms with Crippen LogP contribution in [0.2, 0.25) is 0 Å². The van der Waals surface area contributed by atoms with Crippen molar-refractivity contribution in [1.82, 2.24) is 4.90 Å². The number of piperidine rings is 1. The molecule has 2 saturated carbocycles. The highest BCUT2D eigenvalue weighted by atomic mass is 16.4. The van der Waals surface area contributed by atoms with Crippen LogP contribution in [0.1, 0.15) is 44.9 Å². The van der Waals surface area contributed by atoms with Crippen LogP contribution in [-0.2, 0) is 14.4 Å². The number of likely N-dealkylation sites (tertiary alicyclic amines) is 1. The Bertz CT molecular complexity index is 419. The van der Waals surface area contributed by atoms with Gasteiger partial charge in [-0.25, -0.2) is 0 Å². The highest BCUT2D eigenvalue weighted by Crippen LogP contribution is 2.47. The molecule has 0 aromatic heterocycles. The maximum absolute atomic E-state index is 12.3. The molecule has 2 amide bonds. The van der Waals surface area contributed by atoms with E-state index < -0.39 is 5.97 Å². The molecule has 1 saturated heterocycles. The smallest absolute Gasteiger partial charge is 0.303 e. The van der Waals surface area contributed by atoms with Gasteiger partial charge in [-0.1, -0.05) is 6.42 Å². The number of aliphatic carboxylic acids is 1. The lowest BCUT2D eigenvalue weighted by Gasteiger charge is -2.45. The number of carboxylic acids is 1. The van der Waals surface area contributed by atoms with Crippen LogP contribution in [0.25, 0.3) is 0 Å². The number of hydrogen-bond acceptors (Lipinski definition) is 3. The van der Waals surface area contributed by atoms with Crippen LogP contribution in [0.5, 0.6) is 0 Å². The Balaban J connectivity index is 1.76. The van der Waals surface area contributed by atoms with Crippen molar-refractivity contribution in [3.63, 3.8) is 0 Å². The number of amides is 2. The van der Waals surface area contributed by atoms with E-state index in [1.54, 1.807) is 0 Å². The molecule has 5 nitrogen and oxygen atoms in total. The van der Waals surface area contributed by atoms with Gasteiger partial charge in [0, 0.05) is 18.4 Å². The van der Waals surface area contributed by atoms with Gasteiger partial charge in [0.25, 0.3) is 0 Å². The van der Waals surface area contributed by atoms with Gasteiger partial charge in [-0.15, -0.1) is 0 Å². The van der Waals surface area contributed by atoms with Crippen LogP contribution in [0.15, 0.2) is 0 Å². The fraction of sp³-hybridized carbons (Fsp3) is 0.786. The summed E-state index contributed by atoms with van der Waals surface area (Å²) in [5.41, 5.74) is -0.353. The summed E-state index contributed by atoms with van der Waals surface area (Å²) in [6.07, 6.45) is 5.03. The quantitative estimate of drug-likeness (QED) is 0.780. The third-order valence-electron chi connectivity index (χ3n) is 5.10. The van der Waals surface area contributed by atoms with Gasteiger partial charge in [-0.3, -0.25) is 19.3 Å². The predicted octanol–water partition coefficient (Wildman–Crippen LogP) is 1.42. The number of fused-ring (bicyclic) bond motifs is 2. The molecule has 1 heterocycles. The van der Waals surface area contributed by atoms with Crippen LogP contribution in [0, 0.1) is 17.3 Å². The van der Waals surface area contributed by atoms with Gasteiger partial charge < -0.3 is 5.11 Å². The molecule has 2 aliphatic carbocycles. The summed E-state index contributed by atoms with van der Waals surface area (Å²) in [7, 11) is 0. The predicted molar refractivity (Wildman–Crippen MR) is 66.1 cm³/mol. The van der Waals surface area contributed by atoms with Gasteiger partial charge >= 0.3 is 5.97 Å². The Kier molecular flexibility index (Phi) is 2.87. The second kappa shape index (κ2) is 4.32. The first-order valence-corrected chi connectivity index (χ1v) is 7.08. The molecule has 0 spiro atoms. The monoisotopic (exact) mass is 265 g/mol. The molecule has 2 bridgehead atoms. The van der Waals surface area contributed by atoms with Crippen LogP contribution in [-0.4, -0.2) is 34.3 Å². The van der Waals surface area contributed by atoms with Crippen molar-refractivity contribution in [3.05, 3.63) is 0 Å². The standard InChI is InChI=1S/C14H19NO4/c16-11(17)7-14(4-1-5-14)8-15-12(18)9-2-3-10(6-9)13(15)19/h9-10H,1-8H2,(H,16,17). The van der Waals surface area contributed by atoms with Crippen LogP contribution in [0.4, 0.5) is 0 Å². The number of rotatable bonds is 4. The number of carbonyl (C=O) groups is 3. The average molecular weight is 265 g/mol. The minimum Gasteiger partial charge on any atom is -0.481 e. The van der Waals surface area contributed by atoms with E-state index in [9.17, 15) is 14.4 Å². The van der Waals surface area contributed by atoms with E-state index in [4.69, 9.17) is 5.11 Å². The highest BCUT2D eigenvalue weighted by Gasteiger charge is 2.49. The van der Waals surface area contributed by atoms with Crippen molar-refractivity contribution >= 4 is 17.8 Å². The molecule has 104 valence electrons. The van der Waals surface area contributed by atoms with Gasteiger partial charge in [0.1, 0.15) is 0 Å². The van der Waals surface area contributed by atoms with E-state index in [0.29, 0.717) is 13.0 Å². The largest absolute Gasteiger partial charge is 0.481 e. The van der Waals surface area contributed by atoms with E-state index in [1.807, 2.05) is 0 Å². The summed E-state index contributed by atoms with van der Waals surface area (Å²) in [5.74, 6) is -0.945. The maximum atomic E-state index is 12.3. The zero-order valence-electron chi connectivity index (χ0n) is 10.9. The molecule has 0 aromatic rings. The van der Waals surface area contributed by atoms with Crippen molar-refractivity contribution in [2.24, 2.45) is 17.3 Å². The fourth-order valence-corrected chi connectivity index (χ4v) is 3.86. The van der Waals surface area contributed by atoms with Gasteiger partial charge in [-0.05, 0) is 37.5 Å². The van der Waals surface area contributed by atoms with Crippen molar-refractivity contribution in [2.45, 2.75) is 44.9 Å². The number of hydrogen-bond donors (Lipinski definition) is 1. The molecule has 2 atom stereocenters. The molecular formula is C14H19NO4. The molecule has 0 aromatic carbocycles. The zero-order valence-corrected chi connectivity index (χ0v) is 10.9. The molecular weight excluding hydrogens is 246 g/mol. The fourth-order valence-electron chi connectivity index (χ4n) is 3.86. The van der Waals surface area contributed by atoms with Crippen molar-refractivity contribution in [2.75, 3.05) is 6.54 Å². The summed E-state index contributed by atoms with van der Waals surface area (Å²) in [4.78, 5) is 36.9. The minimum atomic E-state index is -0.834. The molecule has 19 heavy (non-hydrogen) atoms. The Hall–Kier alpha value is -1.39. The average Bonchev–Trinajstić information content (AvgIpc) is 2.75. The van der Waals surface area contributed by atoms with Crippen molar-refractivity contribution < 1.29 is 19.5 Å². The summed E-state index contributed by atoms with van der Waals surface area (Å²) >= 11 is 0. The van der Waals surface area contributed by atoms with Gasteiger partial charge in [0.05, 0.1) is 6.42 Å². The van der Waals surface area contributed by atoms with Gasteiger partial charge in [0.2, 0.25) is 11.8 Å². The molecule has 3 rings (SSSR count). The third-order valence-corrected chi connectivity index (χ3v) is 5.10. The molecule has 3 aliphatic rings. The molecule has 5 heteroatoms. The Labute approximate surface area is 112 Å². The lowest BCUT2D eigenvalue weighted by molar-refractivity contribution is -0.158. The Morgan fingerprint density at radius 1 is 1.21 bits per heavy atom. The van der Waals surface area contributed by atoms with Crippen LogP contribution in [0.3, 0.4) is 0 Å². The van der Waals surface area contributed by atoms with Crippen molar-refractivity contribution in [3.8, 4) is 0 Å². The summed E-state index contributed by atoms with van der Waals surface area (Å²) in [6.45, 7) is 0.323. The molecule has 1 aliphatic heterocycles. The number of imide groups is 1. The third kappa shape index (κ3) is 2.05. The Morgan fingerprint density at radius 2 is 1.79 bits per heavy atom. The van der Waals surface area contributed by atoms with Gasteiger partial charge in [0.15, 0.2) is 0 Å². The number of carboxylic acid groups (broad SMARTS) is 1. The minimum absolute atomic E-state index is 0.00431. The van der Waals surface area contributed by atoms with Crippen LogP contribution >= 0.6 is 0 Å². The second-order valence-electron chi connectivity index (χ2n) is 6.39. The van der Waals surface area contributed by atoms with Crippen LogP contribution < -0.4 is 0 Å². The summed E-state index contributed by atoms with van der Waals surface area (Å²) in [5, 5.41) is 9.00. The van der Waals surface area contributed by atoms with Crippen molar-refractivity contribution in [1.29, 1.82) is 0 Å². The first-order valence-electron chi connectivity index (χ1n) is 7.08. The molecule has 3 fully saturated rings. The normalized spacial score (nSPS) is 32.3. The maximum Gasteiger partial charge on any atom is 0.303 e.